The predicted octanol–water partition coefficient (Wildman–Crippen LogP) is 2.95. The van der Waals surface area contributed by atoms with Crippen molar-refractivity contribution < 1.29 is 22.8 Å². The van der Waals surface area contributed by atoms with E-state index in [9.17, 15) is 18.4 Å². The Bertz CT molecular complexity index is 699. The Kier molecular flexibility index (Phi) is 5.10. The second-order valence-electron chi connectivity index (χ2n) is 5.26. The van der Waals surface area contributed by atoms with Crippen LogP contribution in [0.3, 0.4) is 0 Å². The fourth-order valence-electron chi connectivity index (χ4n) is 1.97. The number of furan rings is 1. The van der Waals surface area contributed by atoms with Gasteiger partial charge in [-0.25, -0.2) is 8.78 Å². The molecule has 2 rings (SSSR count). The SMILES string of the molecule is CC(C)C(NC(=O)c1ccco1)C(=O)Nc1cccc(F)c1F. The second-order valence-corrected chi connectivity index (χ2v) is 5.26. The first-order valence-corrected chi connectivity index (χ1v) is 6.99. The maximum atomic E-state index is 13.6. The summed E-state index contributed by atoms with van der Waals surface area (Å²) < 4.78 is 31.8. The van der Waals surface area contributed by atoms with Crippen LogP contribution >= 0.6 is 0 Å². The van der Waals surface area contributed by atoms with E-state index in [1.165, 1.54) is 24.5 Å². The Morgan fingerprint density at radius 3 is 2.48 bits per heavy atom. The van der Waals surface area contributed by atoms with Crippen LogP contribution in [-0.2, 0) is 4.79 Å². The van der Waals surface area contributed by atoms with Gasteiger partial charge in [0.1, 0.15) is 6.04 Å². The van der Waals surface area contributed by atoms with Crippen molar-refractivity contribution in [1.29, 1.82) is 0 Å². The van der Waals surface area contributed by atoms with Gasteiger partial charge in [-0.15, -0.1) is 0 Å². The normalized spacial score (nSPS) is 12.0. The number of anilines is 1. The zero-order valence-corrected chi connectivity index (χ0v) is 12.6. The first kappa shape index (κ1) is 16.7. The Morgan fingerprint density at radius 2 is 1.87 bits per heavy atom. The number of halogens is 2. The van der Waals surface area contributed by atoms with Gasteiger partial charge in [0.05, 0.1) is 12.0 Å². The molecular formula is C16H16F2N2O3. The molecule has 1 atom stereocenters. The summed E-state index contributed by atoms with van der Waals surface area (Å²) in [5.41, 5.74) is -0.284. The summed E-state index contributed by atoms with van der Waals surface area (Å²) in [4.78, 5) is 24.3. The first-order chi connectivity index (χ1) is 10.9. The highest BCUT2D eigenvalue weighted by molar-refractivity contribution is 6.00. The summed E-state index contributed by atoms with van der Waals surface area (Å²) in [6.07, 6.45) is 1.33. The van der Waals surface area contributed by atoms with Crippen molar-refractivity contribution in [2.24, 2.45) is 5.92 Å². The lowest BCUT2D eigenvalue weighted by molar-refractivity contribution is -0.118. The van der Waals surface area contributed by atoms with Crippen LogP contribution in [0.4, 0.5) is 14.5 Å². The molecule has 0 saturated carbocycles. The van der Waals surface area contributed by atoms with Gasteiger partial charge in [-0.1, -0.05) is 19.9 Å². The first-order valence-electron chi connectivity index (χ1n) is 6.99. The Hall–Kier alpha value is -2.70. The lowest BCUT2D eigenvalue weighted by Crippen LogP contribution is -2.47. The summed E-state index contributed by atoms with van der Waals surface area (Å²) >= 11 is 0. The molecule has 0 bridgehead atoms. The van der Waals surface area contributed by atoms with E-state index in [0.29, 0.717) is 0 Å². The van der Waals surface area contributed by atoms with Gasteiger partial charge in [0.2, 0.25) is 5.91 Å². The van der Waals surface area contributed by atoms with Crippen molar-refractivity contribution in [3.05, 3.63) is 54.0 Å². The fourth-order valence-corrected chi connectivity index (χ4v) is 1.97. The van der Waals surface area contributed by atoms with Crippen molar-refractivity contribution in [1.82, 2.24) is 5.32 Å². The fraction of sp³-hybridized carbons (Fsp3) is 0.250. The number of benzene rings is 1. The molecule has 0 aliphatic carbocycles. The number of amides is 2. The van der Waals surface area contributed by atoms with E-state index in [0.717, 1.165) is 6.07 Å². The molecule has 2 aromatic rings. The zero-order chi connectivity index (χ0) is 17.0. The molecule has 0 spiro atoms. The molecule has 2 amide bonds. The Labute approximate surface area is 131 Å². The molecule has 0 aliphatic rings. The zero-order valence-electron chi connectivity index (χ0n) is 12.6. The number of rotatable bonds is 5. The van der Waals surface area contributed by atoms with Gasteiger partial charge in [0.15, 0.2) is 17.4 Å². The highest BCUT2D eigenvalue weighted by Crippen LogP contribution is 2.17. The third-order valence-corrected chi connectivity index (χ3v) is 3.19. The minimum Gasteiger partial charge on any atom is -0.459 e. The maximum Gasteiger partial charge on any atom is 0.287 e. The number of carbonyl (C=O) groups excluding carboxylic acids is 2. The third-order valence-electron chi connectivity index (χ3n) is 3.19. The van der Waals surface area contributed by atoms with E-state index in [1.807, 2.05) is 0 Å². The van der Waals surface area contributed by atoms with Gasteiger partial charge < -0.3 is 15.1 Å². The van der Waals surface area contributed by atoms with Gasteiger partial charge >= 0.3 is 0 Å². The molecule has 0 saturated heterocycles. The summed E-state index contributed by atoms with van der Waals surface area (Å²) in [6.45, 7) is 3.43. The van der Waals surface area contributed by atoms with Gasteiger partial charge in [0, 0.05) is 0 Å². The van der Waals surface area contributed by atoms with E-state index in [2.05, 4.69) is 10.6 Å². The van der Waals surface area contributed by atoms with E-state index >= 15 is 0 Å². The second kappa shape index (κ2) is 7.04. The topological polar surface area (TPSA) is 71.3 Å². The highest BCUT2D eigenvalue weighted by Gasteiger charge is 2.26. The van der Waals surface area contributed by atoms with E-state index in [4.69, 9.17) is 4.42 Å². The van der Waals surface area contributed by atoms with Crippen LogP contribution in [0, 0.1) is 17.6 Å². The van der Waals surface area contributed by atoms with E-state index < -0.39 is 29.5 Å². The van der Waals surface area contributed by atoms with Crippen molar-refractivity contribution in [2.45, 2.75) is 19.9 Å². The molecule has 5 nitrogen and oxygen atoms in total. The summed E-state index contributed by atoms with van der Waals surface area (Å²) in [5.74, 6) is -3.65. The standard InChI is InChI=1S/C16H16F2N2O3/c1-9(2)14(20-15(21)12-7-4-8-23-12)16(22)19-11-6-3-5-10(17)13(11)18/h3-9,14H,1-2H3,(H,19,22)(H,20,21). The molecule has 0 radical (unpaired) electrons. The van der Waals surface area contributed by atoms with Crippen molar-refractivity contribution in [3.63, 3.8) is 0 Å². The predicted molar refractivity (Wildman–Crippen MR) is 79.8 cm³/mol. The minimum absolute atomic E-state index is 0.0559. The average molecular weight is 322 g/mol. The van der Waals surface area contributed by atoms with Crippen molar-refractivity contribution in [3.8, 4) is 0 Å². The molecule has 0 aliphatic heterocycles. The van der Waals surface area contributed by atoms with Crippen LogP contribution in [0.1, 0.15) is 24.4 Å². The smallest absolute Gasteiger partial charge is 0.287 e. The number of carbonyl (C=O) groups is 2. The number of hydrogen-bond acceptors (Lipinski definition) is 3. The highest BCUT2D eigenvalue weighted by atomic mass is 19.2. The van der Waals surface area contributed by atoms with Crippen LogP contribution in [0.15, 0.2) is 41.0 Å². The number of nitrogens with one attached hydrogen (secondary N) is 2. The van der Waals surface area contributed by atoms with Gasteiger partial charge in [0.25, 0.3) is 5.91 Å². The third kappa shape index (κ3) is 3.94. The number of hydrogen-bond donors (Lipinski definition) is 2. The summed E-state index contributed by atoms with van der Waals surface area (Å²) in [5, 5.41) is 4.80. The van der Waals surface area contributed by atoms with Crippen LogP contribution in [-0.4, -0.2) is 17.9 Å². The van der Waals surface area contributed by atoms with Crippen molar-refractivity contribution in [2.75, 3.05) is 5.32 Å². The van der Waals surface area contributed by atoms with Gasteiger partial charge in [-0.3, -0.25) is 9.59 Å². The molecule has 122 valence electrons. The minimum atomic E-state index is -1.15. The Balaban J connectivity index is 2.12. The summed E-state index contributed by atoms with van der Waals surface area (Å²) in [6, 6.07) is 5.53. The molecule has 23 heavy (non-hydrogen) atoms. The molecule has 1 aromatic carbocycles. The lowest BCUT2D eigenvalue weighted by atomic mass is 10.0. The molecule has 2 N–H and O–H groups in total. The van der Waals surface area contributed by atoms with Crippen LogP contribution < -0.4 is 10.6 Å². The molecule has 7 heteroatoms. The van der Waals surface area contributed by atoms with Gasteiger partial charge in [-0.2, -0.15) is 0 Å². The molecular weight excluding hydrogens is 306 g/mol. The largest absolute Gasteiger partial charge is 0.459 e. The molecule has 1 aromatic heterocycles. The van der Waals surface area contributed by atoms with Crippen LogP contribution in [0.2, 0.25) is 0 Å². The van der Waals surface area contributed by atoms with Gasteiger partial charge in [-0.05, 0) is 30.2 Å². The molecule has 0 fully saturated rings. The molecule has 1 unspecified atom stereocenters. The lowest BCUT2D eigenvalue weighted by Gasteiger charge is -2.21. The van der Waals surface area contributed by atoms with E-state index in [1.54, 1.807) is 19.9 Å². The van der Waals surface area contributed by atoms with Crippen LogP contribution in [0.25, 0.3) is 0 Å². The monoisotopic (exact) mass is 322 g/mol. The molecule has 1 heterocycles. The van der Waals surface area contributed by atoms with Crippen LogP contribution in [0.5, 0.6) is 0 Å². The van der Waals surface area contributed by atoms with E-state index in [-0.39, 0.29) is 17.4 Å². The Morgan fingerprint density at radius 1 is 1.13 bits per heavy atom. The summed E-state index contributed by atoms with van der Waals surface area (Å²) in [7, 11) is 0. The average Bonchev–Trinajstić information content (AvgIpc) is 3.03. The maximum absolute atomic E-state index is 13.6. The quantitative estimate of drug-likeness (QED) is 0.889. The van der Waals surface area contributed by atoms with Crippen molar-refractivity contribution >= 4 is 17.5 Å².